The largest absolute Gasteiger partial charge is 0.493 e. The fraction of sp³-hybridized carbons (Fsp3) is 0.235. The van der Waals surface area contributed by atoms with Crippen LogP contribution < -0.4 is 10.1 Å². The van der Waals surface area contributed by atoms with E-state index in [0.717, 1.165) is 33.0 Å². The van der Waals surface area contributed by atoms with Crippen LogP contribution in [0.2, 0.25) is 0 Å². The summed E-state index contributed by atoms with van der Waals surface area (Å²) in [5.74, 6) is 1.20. The topological polar surface area (TPSA) is 64.1 Å². The maximum Gasteiger partial charge on any atom is 0.230 e. The van der Waals surface area contributed by atoms with Crippen molar-refractivity contribution in [3.05, 3.63) is 47.6 Å². The van der Waals surface area contributed by atoms with E-state index < -0.39 is 0 Å². The van der Waals surface area contributed by atoms with Crippen molar-refractivity contribution in [2.24, 2.45) is 0 Å². The van der Waals surface area contributed by atoms with Crippen molar-refractivity contribution in [2.45, 2.75) is 17.5 Å². The second-order valence-corrected chi connectivity index (χ2v) is 7.28. The van der Waals surface area contributed by atoms with Crippen LogP contribution in [0.1, 0.15) is 18.0 Å². The Hall–Kier alpha value is -2.12. The van der Waals surface area contributed by atoms with Gasteiger partial charge in [0.15, 0.2) is 0 Å². The number of thiophene rings is 1. The van der Waals surface area contributed by atoms with Crippen LogP contribution in [0.25, 0.3) is 10.2 Å². The zero-order chi connectivity index (χ0) is 16.4. The molecule has 1 aliphatic heterocycles. The molecular weight excluding hydrogens is 342 g/mol. The molecular formula is C17H15N3O2S2. The van der Waals surface area contributed by atoms with Gasteiger partial charge in [0.05, 0.1) is 28.6 Å². The van der Waals surface area contributed by atoms with Crippen LogP contribution in [0, 0.1) is 0 Å². The van der Waals surface area contributed by atoms with E-state index in [1.807, 2.05) is 35.7 Å². The molecule has 7 heteroatoms. The lowest BCUT2D eigenvalue weighted by Gasteiger charge is -2.26. The van der Waals surface area contributed by atoms with Gasteiger partial charge in [-0.1, -0.05) is 30.0 Å². The summed E-state index contributed by atoms with van der Waals surface area (Å²) >= 11 is 3.05. The second kappa shape index (κ2) is 6.78. The number of thioether (sulfide) groups is 1. The highest BCUT2D eigenvalue weighted by Gasteiger charge is 2.22. The Morgan fingerprint density at radius 2 is 2.25 bits per heavy atom. The van der Waals surface area contributed by atoms with Crippen molar-refractivity contribution in [1.29, 1.82) is 0 Å². The minimum absolute atomic E-state index is 0.00465. The van der Waals surface area contributed by atoms with Gasteiger partial charge in [0, 0.05) is 12.0 Å². The van der Waals surface area contributed by atoms with E-state index in [1.54, 1.807) is 17.7 Å². The zero-order valence-electron chi connectivity index (χ0n) is 12.8. The van der Waals surface area contributed by atoms with E-state index in [1.165, 1.54) is 11.8 Å². The minimum Gasteiger partial charge on any atom is -0.493 e. The molecule has 3 aromatic rings. The van der Waals surface area contributed by atoms with Crippen LogP contribution >= 0.6 is 23.1 Å². The smallest absolute Gasteiger partial charge is 0.230 e. The summed E-state index contributed by atoms with van der Waals surface area (Å²) in [5, 5.41) is 5.95. The molecule has 0 fully saturated rings. The lowest BCUT2D eigenvalue weighted by atomic mass is 10.0. The van der Waals surface area contributed by atoms with Crippen LogP contribution in [0.3, 0.4) is 0 Å². The SMILES string of the molecule is O=C(CSc1ncnc2ccsc12)NC1CCOc2ccccc21. The van der Waals surface area contributed by atoms with Crippen molar-refractivity contribution in [3.8, 4) is 5.75 Å². The second-order valence-electron chi connectivity index (χ2n) is 5.40. The molecule has 0 saturated heterocycles. The van der Waals surface area contributed by atoms with Gasteiger partial charge in [-0.3, -0.25) is 4.79 Å². The minimum atomic E-state index is 0.00465. The Morgan fingerprint density at radius 3 is 3.21 bits per heavy atom. The summed E-state index contributed by atoms with van der Waals surface area (Å²) in [6.45, 7) is 0.622. The normalized spacial score (nSPS) is 16.4. The molecule has 1 amide bonds. The van der Waals surface area contributed by atoms with Crippen LogP contribution in [0.4, 0.5) is 0 Å². The Bertz CT molecular complexity index is 881. The molecule has 1 aromatic carbocycles. The van der Waals surface area contributed by atoms with Crippen LogP contribution in [-0.4, -0.2) is 28.2 Å². The lowest BCUT2D eigenvalue weighted by molar-refractivity contribution is -0.119. The Kier molecular flexibility index (Phi) is 4.36. The molecule has 1 atom stereocenters. The summed E-state index contributed by atoms with van der Waals surface area (Å²) in [6.07, 6.45) is 2.33. The number of nitrogens with one attached hydrogen (secondary N) is 1. The third-order valence-electron chi connectivity index (χ3n) is 3.84. The standard InChI is InChI=1S/C17H15N3O2S2/c21-15(9-24-17-16-13(6-8-23-16)18-10-19-17)20-12-5-7-22-14-4-2-1-3-11(12)14/h1-4,6,8,10,12H,5,7,9H2,(H,20,21). The molecule has 0 saturated carbocycles. The fourth-order valence-electron chi connectivity index (χ4n) is 2.73. The van der Waals surface area contributed by atoms with Gasteiger partial charge >= 0.3 is 0 Å². The summed E-state index contributed by atoms with van der Waals surface area (Å²) in [7, 11) is 0. The van der Waals surface area contributed by atoms with E-state index in [0.29, 0.717) is 12.4 Å². The highest BCUT2D eigenvalue weighted by Crippen LogP contribution is 2.32. The molecule has 5 nitrogen and oxygen atoms in total. The number of aromatic nitrogens is 2. The van der Waals surface area contributed by atoms with Crippen molar-refractivity contribution < 1.29 is 9.53 Å². The van der Waals surface area contributed by atoms with Crippen molar-refractivity contribution in [1.82, 2.24) is 15.3 Å². The molecule has 122 valence electrons. The number of hydrogen-bond donors (Lipinski definition) is 1. The number of benzene rings is 1. The highest BCUT2D eigenvalue weighted by atomic mass is 32.2. The summed E-state index contributed by atoms with van der Waals surface area (Å²) in [4.78, 5) is 20.9. The maximum atomic E-state index is 12.4. The van der Waals surface area contributed by atoms with Gasteiger partial charge in [-0.15, -0.1) is 11.3 Å². The fourth-order valence-corrected chi connectivity index (χ4v) is 4.49. The van der Waals surface area contributed by atoms with Gasteiger partial charge in [-0.2, -0.15) is 0 Å². The number of ether oxygens (including phenoxy) is 1. The number of hydrogen-bond acceptors (Lipinski definition) is 6. The van der Waals surface area contributed by atoms with E-state index in [2.05, 4.69) is 15.3 Å². The molecule has 1 N–H and O–H groups in total. The monoisotopic (exact) mass is 357 g/mol. The molecule has 24 heavy (non-hydrogen) atoms. The third kappa shape index (κ3) is 3.09. The Labute approximate surface area is 147 Å². The predicted octanol–water partition coefficient (Wildman–Crippen LogP) is 3.42. The molecule has 0 bridgehead atoms. The van der Waals surface area contributed by atoms with Gasteiger partial charge in [0.2, 0.25) is 5.91 Å². The summed E-state index contributed by atoms with van der Waals surface area (Å²) in [6, 6.07) is 9.83. The first-order valence-corrected chi connectivity index (χ1v) is 9.50. The number of nitrogens with zero attached hydrogens (tertiary/aromatic N) is 2. The Morgan fingerprint density at radius 1 is 1.33 bits per heavy atom. The van der Waals surface area contributed by atoms with Gasteiger partial charge in [-0.25, -0.2) is 9.97 Å². The van der Waals surface area contributed by atoms with Gasteiger partial charge in [0.1, 0.15) is 17.1 Å². The zero-order valence-corrected chi connectivity index (χ0v) is 14.4. The van der Waals surface area contributed by atoms with E-state index >= 15 is 0 Å². The van der Waals surface area contributed by atoms with E-state index in [-0.39, 0.29) is 11.9 Å². The maximum absolute atomic E-state index is 12.4. The first kappa shape index (κ1) is 15.4. The quantitative estimate of drug-likeness (QED) is 0.572. The first-order valence-electron chi connectivity index (χ1n) is 7.63. The average molecular weight is 357 g/mol. The molecule has 1 unspecified atom stereocenters. The predicted molar refractivity (Wildman–Crippen MR) is 95.6 cm³/mol. The van der Waals surface area contributed by atoms with Crippen LogP contribution in [0.15, 0.2) is 47.1 Å². The molecule has 3 heterocycles. The highest BCUT2D eigenvalue weighted by molar-refractivity contribution is 8.00. The van der Waals surface area contributed by atoms with Crippen molar-refractivity contribution in [3.63, 3.8) is 0 Å². The number of amides is 1. The van der Waals surface area contributed by atoms with Crippen LogP contribution in [0.5, 0.6) is 5.75 Å². The lowest BCUT2D eigenvalue weighted by Crippen LogP contribution is -2.33. The van der Waals surface area contributed by atoms with Crippen molar-refractivity contribution in [2.75, 3.05) is 12.4 Å². The summed E-state index contributed by atoms with van der Waals surface area (Å²) in [5.41, 5.74) is 1.97. The van der Waals surface area contributed by atoms with E-state index in [9.17, 15) is 4.79 Å². The van der Waals surface area contributed by atoms with Gasteiger partial charge in [0.25, 0.3) is 0 Å². The number of carbonyl (C=O) groups excluding carboxylic acids is 1. The molecule has 0 radical (unpaired) electrons. The first-order chi connectivity index (χ1) is 11.8. The summed E-state index contributed by atoms with van der Waals surface area (Å²) < 4.78 is 6.67. The number of carbonyl (C=O) groups is 1. The molecule has 2 aromatic heterocycles. The van der Waals surface area contributed by atoms with Gasteiger partial charge < -0.3 is 10.1 Å². The number of fused-ring (bicyclic) bond motifs is 2. The molecule has 4 rings (SSSR count). The average Bonchev–Trinajstić information content (AvgIpc) is 3.09. The number of para-hydroxylation sites is 1. The Balaban J connectivity index is 1.42. The van der Waals surface area contributed by atoms with Crippen molar-refractivity contribution >= 4 is 39.2 Å². The molecule has 1 aliphatic rings. The third-order valence-corrected chi connectivity index (χ3v) is 5.87. The van der Waals surface area contributed by atoms with E-state index in [4.69, 9.17) is 4.74 Å². The van der Waals surface area contributed by atoms with Gasteiger partial charge in [-0.05, 0) is 17.5 Å². The number of rotatable bonds is 4. The van der Waals surface area contributed by atoms with Crippen LogP contribution in [-0.2, 0) is 4.79 Å². The molecule has 0 aliphatic carbocycles. The molecule has 0 spiro atoms.